The topological polar surface area (TPSA) is 80.3 Å². The van der Waals surface area contributed by atoms with Crippen molar-refractivity contribution in [3.05, 3.63) is 51.8 Å². The first kappa shape index (κ1) is 25.1. The smallest absolute Gasteiger partial charge is 0.451 e. The van der Waals surface area contributed by atoms with Crippen LogP contribution in [0.5, 0.6) is 11.5 Å². The molecule has 0 spiro atoms. The van der Waals surface area contributed by atoms with Gasteiger partial charge in [-0.15, -0.1) is 0 Å². The molecule has 0 bridgehead atoms. The molecule has 2 aliphatic rings. The minimum atomic E-state index is -4.70. The summed E-state index contributed by atoms with van der Waals surface area (Å²) in [6.45, 7) is 0. The van der Waals surface area contributed by atoms with Gasteiger partial charge in [0, 0.05) is 23.5 Å². The maximum atomic E-state index is 13.6. The standard InChI is InChI=1S/C24H24Cl2F3N5O2/c1-35-19-9-14-18(10-20(19)36-2)31-23(24(27,28)29)32-22(14)30-12-4-6-17-13(8-12)21(34-33-17)11-3-5-15(25)16(26)7-11/h3,5,7,9-10,12-13,17,21,33-34H,4,6,8H2,1-2H3,(H,30,31,32). The third-order valence-corrected chi connectivity index (χ3v) is 7.59. The second kappa shape index (κ2) is 9.74. The lowest BCUT2D eigenvalue weighted by atomic mass is 9.77. The summed E-state index contributed by atoms with van der Waals surface area (Å²) in [5.41, 5.74) is 7.81. The summed E-state index contributed by atoms with van der Waals surface area (Å²) in [6.07, 6.45) is -2.41. The molecule has 5 rings (SSSR count). The van der Waals surface area contributed by atoms with E-state index in [4.69, 9.17) is 32.7 Å². The summed E-state index contributed by atoms with van der Waals surface area (Å²) < 4.78 is 51.5. The molecule has 3 aromatic rings. The van der Waals surface area contributed by atoms with E-state index < -0.39 is 12.0 Å². The van der Waals surface area contributed by atoms with E-state index in [9.17, 15) is 13.2 Å². The van der Waals surface area contributed by atoms with Crippen LogP contribution in [-0.4, -0.2) is 36.3 Å². The fourth-order valence-corrected chi connectivity index (χ4v) is 5.42. The first-order valence-electron chi connectivity index (χ1n) is 11.4. The fourth-order valence-electron chi connectivity index (χ4n) is 5.11. The number of hydrogen-bond acceptors (Lipinski definition) is 7. The molecule has 2 heterocycles. The molecule has 1 saturated carbocycles. The van der Waals surface area contributed by atoms with Crippen LogP contribution < -0.4 is 25.6 Å². The van der Waals surface area contributed by atoms with Crippen LogP contribution in [0, 0.1) is 5.92 Å². The lowest BCUT2D eigenvalue weighted by Gasteiger charge is -2.34. The second-order valence-electron chi connectivity index (χ2n) is 8.98. The quantitative estimate of drug-likeness (QED) is 0.378. The third kappa shape index (κ3) is 4.74. The number of hydrogen-bond donors (Lipinski definition) is 3. The van der Waals surface area contributed by atoms with Gasteiger partial charge < -0.3 is 14.8 Å². The van der Waals surface area contributed by atoms with Gasteiger partial charge in [-0.2, -0.15) is 13.2 Å². The summed E-state index contributed by atoms with van der Waals surface area (Å²) in [4.78, 5) is 7.62. The molecule has 7 nitrogen and oxygen atoms in total. The number of nitrogens with zero attached hydrogens (tertiary/aromatic N) is 2. The van der Waals surface area contributed by atoms with Gasteiger partial charge in [0.25, 0.3) is 0 Å². The van der Waals surface area contributed by atoms with Gasteiger partial charge in [-0.3, -0.25) is 5.43 Å². The first-order valence-corrected chi connectivity index (χ1v) is 12.2. The summed E-state index contributed by atoms with van der Waals surface area (Å²) in [5, 5.41) is 4.66. The molecule has 1 aliphatic heterocycles. The number of nitrogens with one attached hydrogen (secondary N) is 3. The second-order valence-corrected chi connectivity index (χ2v) is 9.80. The third-order valence-electron chi connectivity index (χ3n) is 6.85. The highest BCUT2D eigenvalue weighted by Gasteiger charge is 2.42. The van der Waals surface area contributed by atoms with Crippen molar-refractivity contribution in [2.45, 2.75) is 43.6 Å². The van der Waals surface area contributed by atoms with Gasteiger partial charge in [0.1, 0.15) is 5.82 Å². The van der Waals surface area contributed by atoms with Crippen molar-refractivity contribution in [1.29, 1.82) is 0 Å². The van der Waals surface area contributed by atoms with E-state index in [0.717, 1.165) is 18.4 Å². The maximum Gasteiger partial charge on any atom is 0.451 e. The number of ether oxygens (including phenoxy) is 2. The number of methoxy groups -OCH3 is 2. The molecule has 4 atom stereocenters. The fraction of sp³-hybridized carbons (Fsp3) is 0.417. The molecular weight excluding hydrogens is 518 g/mol. The molecule has 0 radical (unpaired) electrons. The number of anilines is 1. The summed E-state index contributed by atoms with van der Waals surface area (Å²) in [5.74, 6) is -0.254. The Kier molecular flexibility index (Phi) is 6.80. The van der Waals surface area contributed by atoms with Crippen molar-refractivity contribution >= 4 is 39.9 Å². The number of fused-ring (bicyclic) bond motifs is 2. The van der Waals surface area contributed by atoms with Crippen molar-refractivity contribution in [3.8, 4) is 11.5 Å². The Labute approximate surface area is 215 Å². The van der Waals surface area contributed by atoms with Crippen molar-refractivity contribution in [2.24, 2.45) is 5.92 Å². The van der Waals surface area contributed by atoms with Crippen LogP contribution in [-0.2, 0) is 6.18 Å². The lowest BCUT2D eigenvalue weighted by molar-refractivity contribution is -0.144. The molecule has 0 amide bonds. The zero-order valence-corrected chi connectivity index (χ0v) is 20.9. The molecule has 2 aromatic carbocycles. The average Bonchev–Trinajstić information content (AvgIpc) is 3.27. The average molecular weight is 542 g/mol. The van der Waals surface area contributed by atoms with Gasteiger partial charge in [-0.25, -0.2) is 15.4 Å². The Hall–Kier alpha value is -2.53. The molecule has 2 fully saturated rings. The van der Waals surface area contributed by atoms with Gasteiger partial charge >= 0.3 is 6.18 Å². The number of halogens is 5. The normalized spacial score (nSPS) is 24.0. The molecule has 12 heteroatoms. The van der Waals surface area contributed by atoms with Crippen molar-refractivity contribution in [3.63, 3.8) is 0 Å². The van der Waals surface area contributed by atoms with E-state index in [-0.39, 0.29) is 41.1 Å². The van der Waals surface area contributed by atoms with E-state index in [2.05, 4.69) is 26.1 Å². The summed E-state index contributed by atoms with van der Waals surface area (Å²) in [6, 6.07) is 8.66. The van der Waals surface area contributed by atoms with Gasteiger partial charge in [0.15, 0.2) is 11.5 Å². The maximum absolute atomic E-state index is 13.6. The molecule has 36 heavy (non-hydrogen) atoms. The number of alkyl halides is 3. The largest absolute Gasteiger partial charge is 0.493 e. The zero-order chi connectivity index (χ0) is 25.6. The Morgan fingerprint density at radius 2 is 1.72 bits per heavy atom. The van der Waals surface area contributed by atoms with Gasteiger partial charge in [-0.05, 0) is 48.9 Å². The molecule has 1 aromatic heterocycles. The van der Waals surface area contributed by atoms with E-state index in [1.54, 1.807) is 12.1 Å². The van der Waals surface area contributed by atoms with Crippen LogP contribution in [0.2, 0.25) is 10.0 Å². The highest BCUT2D eigenvalue weighted by molar-refractivity contribution is 6.42. The van der Waals surface area contributed by atoms with E-state index >= 15 is 0 Å². The summed E-state index contributed by atoms with van der Waals surface area (Å²) in [7, 11) is 2.88. The van der Waals surface area contributed by atoms with Crippen LogP contribution in [0.3, 0.4) is 0 Å². The lowest BCUT2D eigenvalue weighted by Crippen LogP contribution is -2.39. The Bertz CT molecular complexity index is 1290. The van der Waals surface area contributed by atoms with E-state index in [1.807, 2.05) is 12.1 Å². The van der Waals surface area contributed by atoms with Crippen LogP contribution in [0.15, 0.2) is 30.3 Å². The zero-order valence-electron chi connectivity index (χ0n) is 19.4. The minimum absolute atomic E-state index is 0.0217. The van der Waals surface area contributed by atoms with Crippen LogP contribution in [0.1, 0.15) is 36.7 Å². The first-order chi connectivity index (χ1) is 17.2. The van der Waals surface area contributed by atoms with E-state index in [0.29, 0.717) is 27.6 Å². The minimum Gasteiger partial charge on any atom is -0.493 e. The number of rotatable bonds is 5. The Morgan fingerprint density at radius 1 is 0.972 bits per heavy atom. The Balaban J connectivity index is 1.47. The van der Waals surface area contributed by atoms with Crippen molar-refractivity contribution in [1.82, 2.24) is 20.8 Å². The SMILES string of the molecule is COc1cc2nc(C(F)(F)F)nc(NC3CCC4NNC(c5ccc(Cl)c(Cl)c5)C4C3)c2cc1OC. The highest BCUT2D eigenvalue weighted by Crippen LogP contribution is 2.41. The number of hydrazine groups is 1. The predicted molar refractivity (Wildman–Crippen MR) is 132 cm³/mol. The van der Waals surface area contributed by atoms with E-state index in [1.165, 1.54) is 20.3 Å². The number of benzene rings is 2. The van der Waals surface area contributed by atoms with Crippen LogP contribution in [0.25, 0.3) is 10.9 Å². The van der Waals surface area contributed by atoms with Crippen LogP contribution >= 0.6 is 23.2 Å². The monoisotopic (exact) mass is 541 g/mol. The van der Waals surface area contributed by atoms with Gasteiger partial charge in [0.05, 0.1) is 35.8 Å². The highest BCUT2D eigenvalue weighted by atomic mass is 35.5. The molecule has 1 aliphatic carbocycles. The van der Waals surface area contributed by atoms with Crippen molar-refractivity contribution in [2.75, 3.05) is 19.5 Å². The molecular formula is C24H24Cl2F3N5O2. The predicted octanol–water partition coefficient (Wildman–Crippen LogP) is 5.77. The molecule has 3 N–H and O–H groups in total. The molecule has 1 saturated heterocycles. The number of aromatic nitrogens is 2. The van der Waals surface area contributed by atoms with Crippen molar-refractivity contribution < 1.29 is 22.6 Å². The molecule has 192 valence electrons. The van der Waals surface area contributed by atoms with Gasteiger partial charge in [-0.1, -0.05) is 29.3 Å². The van der Waals surface area contributed by atoms with Gasteiger partial charge in [0.2, 0.25) is 5.82 Å². The molecule has 4 unspecified atom stereocenters. The summed E-state index contributed by atoms with van der Waals surface area (Å²) >= 11 is 12.3. The van der Waals surface area contributed by atoms with Crippen LogP contribution in [0.4, 0.5) is 19.0 Å². The Morgan fingerprint density at radius 3 is 2.42 bits per heavy atom.